The minimum absolute atomic E-state index is 0.419. The fourth-order valence-corrected chi connectivity index (χ4v) is 0. The van der Waals surface area contributed by atoms with E-state index in [-0.39, 0.29) is 0 Å². The van der Waals surface area contributed by atoms with Gasteiger partial charge in [-0.15, -0.1) is 0 Å². The molecule has 0 radical (unpaired) electrons. The van der Waals surface area contributed by atoms with Crippen LogP contribution in [0.4, 0.5) is 0 Å². The number of carbonyl (C=O) groups is 1. The number of halogens is 1. The Labute approximate surface area is 63.1 Å². The van der Waals surface area contributed by atoms with Gasteiger partial charge in [-0.25, -0.2) is 0 Å². The number of carboxylic acid groups (broad SMARTS) is 1. The second kappa shape index (κ2) is 7.91. The largest absolute Gasteiger partial charge is 0.480 e. The van der Waals surface area contributed by atoms with Crippen LogP contribution in [-0.4, -0.2) is 30.1 Å². The Kier molecular flexibility index (Phi) is 10.3. The third kappa shape index (κ3) is 18.1. The molecule has 0 aromatic rings. The minimum atomic E-state index is -0.824. The first-order valence-electron chi connectivity index (χ1n) is 2.33. The van der Waals surface area contributed by atoms with Crippen molar-refractivity contribution in [1.29, 1.82) is 0 Å². The van der Waals surface area contributed by atoms with Crippen LogP contribution in [0, 0.1) is 0 Å². The summed E-state index contributed by atoms with van der Waals surface area (Å²) in [4.78, 5) is 9.23. The standard InChI is InChI=1S/C3H5BrO2.C2H6O/c1-2(4)3(5)6;1-3-2/h2H,1H3,(H,5,6);1-2H3. The van der Waals surface area contributed by atoms with Gasteiger partial charge in [-0.05, 0) is 6.92 Å². The van der Waals surface area contributed by atoms with E-state index in [1.54, 1.807) is 21.1 Å². The van der Waals surface area contributed by atoms with Crippen LogP contribution in [0.25, 0.3) is 0 Å². The molecule has 0 bridgehead atoms. The zero-order valence-corrected chi connectivity index (χ0v) is 7.31. The van der Waals surface area contributed by atoms with Crippen molar-refractivity contribution in [2.24, 2.45) is 0 Å². The Balaban J connectivity index is 0. The van der Waals surface area contributed by atoms with Crippen LogP contribution < -0.4 is 0 Å². The van der Waals surface area contributed by atoms with Crippen molar-refractivity contribution in [3.8, 4) is 0 Å². The maximum Gasteiger partial charge on any atom is 0.316 e. The molecule has 0 spiro atoms. The van der Waals surface area contributed by atoms with E-state index in [0.29, 0.717) is 0 Å². The molecule has 0 aliphatic rings. The van der Waals surface area contributed by atoms with Gasteiger partial charge in [0.05, 0.1) is 0 Å². The molecule has 1 atom stereocenters. The van der Waals surface area contributed by atoms with Gasteiger partial charge in [-0.2, -0.15) is 0 Å². The minimum Gasteiger partial charge on any atom is -0.480 e. The monoisotopic (exact) mass is 198 g/mol. The Morgan fingerprint density at radius 2 is 1.78 bits per heavy atom. The van der Waals surface area contributed by atoms with E-state index < -0.39 is 10.8 Å². The lowest BCUT2D eigenvalue weighted by Crippen LogP contribution is -2.06. The van der Waals surface area contributed by atoms with E-state index in [9.17, 15) is 4.79 Å². The maximum atomic E-state index is 9.65. The summed E-state index contributed by atoms with van der Waals surface area (Å²) in [7, 11) is 3.25. The summed E-state index contributed by atoms with van der Waals surface area (Å²) in [5, 5.41) is 7.94. The van der Waals surface area contributed by atoms with Gasteiger partial charge < -0.3 is 9.84 Å². The molecule has 1 N–H and O–H groups in total. The smallest absolute Gasteiger partial charge is 0.316 e. The molecule has 3 nitrogen and oxygen atoms in total. The van der Waals surface area contributed by atoms with Crippen molar-refractivity contribution in [1.82, 2.24) is 0 Å². The molecular formula is C5H11BrO3. The summed E-state index contributed by atoms with van der Waals surface area (Å²) >= 11 is 2.84. The highest BCUT2D eigenvalue weighted by atomic mass is 79.9. The molecular weight excluding hydrogens is 188 g/mol. The lowest BCUT2D eigenvalue weighted by molar-refractivity contribution is -0.135. The van der Waals surface area contributed by atoms with Gasteiger partial charge in [0.25, 0.3) is 0 Å². The first kappa shape index (κ1) is 11.7. The average molecular weight is 199 g/mol. The fourth-order valence-electron chi connectivity index (χ4n) is 0. The van der Waals surface area contributed by atoms with Gasteiger partial charge in [-0.1, -0.05) is 15.9 Å². The molecule has 0 aromatic heterocycles. The Morgan fingerprint density at radius 1 is 1.67 bits per heavy atom. The van der Waals surface area contributed by atoms with Gasteiger partial charge >= 0.3 is 5.97 Å². The van der Waals surface area contributed by atoms with E-state index in [2.05, 4.69) is 20.7 Å². The summed E-state index contributed by atoms with van der Waals surface area (Å²) in [6.45, 7) is 1.56. The van der Waals surface area contributed by atoms with Crippen LogP contribution in [0.5, 0.6) is 0 Å². The van der Waals surface area contributed by atoms with Crippen LogP contribution in [0.2, 0.25) is 0 Å². The lowest BCUT2D eigenvalue weighted by atomic mass is 10.5. The maximum absolute atomic E-state index is 9.65. The number of alkyl halides is 1. The lowest BCUT2D eigenvalue weighted by Gasteiger charge is -1.87. The molecule has 9 heavy (non-hydrogen) atoms. The molecule has 0 aromatic carbocycles. The number of methoxy groups -OCH3 is 1. The van der Waals surface area contributed by atoms with Gasteiger partial charge in [0, 0.05) is 14.2 Å². The first-order chi connectivity index (χ1) is 4.06. The number of ether oxygens (including phenoxy) is 1. The quantitative estimate of drug-likeness (QED) is 0.643. The molecule has 0 amide bonds. The van der Waals surface area contributed by atoms with Crippen molar-refractivity contribution in [2.75, 3.05) is 14.2 Å². The first-order valence-corrected chi connectivity index (χ1v) is 3.24. The molecule has 0 saturated heterocycles. The average Bonchev–Trinajstić information content (AvgIpc) is 1.68. The number of aliphatic carboxylic acids is 1. The van der Waals surface area contributed by atoms with Crippen LogP contribution >= 0.6 is 15.9 Å². The molecule has 0 fully saturated rings. The van der Waals surface area contributed by atoms with E-state index >= 15 is 0 Å². The van der Waals surface area contributed by atoms with E-state index in [1.165, 1.54) is 0 Å². The highest BCUT2D eigenvalue weighted by molar-refractivity contribution is 9.10. The highest BCUT2D eigenvalue weighted by Crippen LogP contribution is 1.93. The van der Waals surface area contributed by atoms with Crippen molar-refractivity contribution < 1.29 is 14.6 Å². The molecule has 0 heterocycles. The topological polar surface area (TPSA) is 46.5 Å². The molecule has 0 saturated carbocycles. The molecule has 56 valence electrons. The summed E-state index contributed by atoms with van der Waals surface area (Å²) in [6.07, 6.45) is 0. The Bertz CT molecular complexity index is 72.6. The Morgan fingerprint density at radius 3 is 1.78 bits per heavy atom. The normalized spacial score (nSPS) is 11.1. The van der Waals surface area contributed by atoms with Crippen molar-refractivity contribution >= 4 is 21.9 Å². The van der Waals surface area contributed by atoms with Gasteiger partial charge in [-0.3, -0.25) is 4.79 Å². The second-order valence-corrected chi connectivity index (χ2v) is 2.74. The van der Waals surface area contributed by atoms with Crippen molar-refractivity contribution in [3.05, 3.63) is 0 Å². The molecule has 0 rings (SSSR count). The SMILES string of the molecule is CC(Br)C(=O)O.COC. The van der Waals surface area contributed by atoms with Crippen LogP contribution in [-0.2, 0) is 9.53 Å². The van der Waals surface area contributed by atoms with Crippen LogP contribution in [0.1, 0.15) is 6.92 Å². The predicted octanol–water partition coefficient (Wildman–Crippen LogP) is 1.12. The fraction of sp³-hybridized carbons (Fsp3) is 0.800. The van der Waals surface area contributed by atoms with Crippen LogP contribution in [0.15, 0.2) is 0 Å². The number of rotatable bonds is 1. The summed E-state index contributed by atoms with van der Waals surface area (Å²) < 4.78 is 4.25. The second-order valence-electron chi connectivity index (χ2n) is 1.36. The third-order valence-electron chi connectivity index (χ3n) is 0.340. The zero-order valence-electron chi connectivity index (χ0n) is 5.72. The third-order valence-corrected chi connectivity index (χ3v) is 0.732. The number of hydrogen-bond acceptors (Lipinski definition) is 2. The number of hydrogen-bond donors (Lipinski definition) is 1. The predicted molar refractivity (Wildman–Crippen MR) is 39.0 cm³/mol. The zero-order chi connectivity index (χ0) is 7.86. The van der Waals surface area contributed by atoms with Gasteiger partial charge in [0.1, 0.15) is 4.83 Å². The summed E-state index contributed by atoms with van der Waals surface area (Å²) in [6, 6.07) is 0. The molecule has 4 heteroatoms. The summed E-state index contributed by atoms with van der Waals surface area (Å²) in [5.41, 5.74) is 0. The number of carboxylic acids is 1. The van der Waals surface area contributed by atoms with E-state index in [0.717, 1.165) is 0 Å². The molecule has 0 aliphatic carbocycles. The van der Waals surface area contributed by atoms with Crippen molar-refractivity contribution in [2.45, 2.75) is 11.8 Å². The highest BCUT2D eigenvalue weighted by Gasteiger charge is 2.01. The Hall–Kier alpha value is -0.0900. The molecule has 1 unspecified atom stereocenters. The van der Waals surface area contributed by atoms with Gasteiger partial charge in [0.15, 0.2) is 0 Å². The van der Waals surface area contributed by atoms with Crippen LogP contribution in [0.3, 0.4) is 0 Å². The van der Waals surface area contributed by atoms with Crippen molar-refractivity contribution in [3.63, 3.8) is 0 Å². The van der Waals surface area contributed by atoms with E-state index in [1.807, 2.05) is 0 Å². The van der Waals surface area contributed by atoms with Gasteiger partial charge in [0.2, 0.25) is 0 Å². The summed E-state index contributed by atoms with van der Waals surface area (Å²) in [5.74, 6) is -0.824. The van der Waals surface area contributed by atoms with E-state index in [4.69, 9.17) is 5.11 Å². The molecule has 0 aliphatic heterocycles.